The highest BCUT2D eigenvalue weighted by molar-refractivity contribution is 5.29. The van der Waals surface area contributed by atoms with Gasteiger partial charge in [0.2, 0.25) is 0 Å². The Kier molecular flexibility index (Phi) is 5.85. The predicted octanol–water partition coefficient (Wildman–Crippen LogP) is 3.47. The molecule has 19 heavy (non-hydrogen) atoms. The van der Waals surface area contributed by atoms with Gasteiger partial charge < -0.3 is 10.1 Å². The Morgan fingerprint density at radius 3 is 2.47 bits per heavy atom. The van der Waals surface area contributed by atoms with Gasteiger partial charge in [0.1, 0.15) is 11.3 Å². The summed E-state index contributed by atoms with van der Waals surface area (Å²) in [6, 6.07) is 10.5. The van der Waals surface area contributed by atoms with Crippen LogP contribution in [0.25, 0.3) is 0 Å². The Morgan fingerprint density at radius 1 is 1.37 bits per heavy atom. The second-order valence-corrected chi connectivity index (χ2v) is 5.17. The zero-order valence-electron chi connectivity index (χ0n) is 12.4. The van der Waals surface area contributed by atoms with Crippen LogP contribution < -0.4 is 10.1 Å². The van der Waals surface area contributed by atoms with Gasteiger partial charge in [-0.15, -0.1) is 0 Å². The third-order valence-electron chi connectivity index (χ3n) is 3.73. The second kappa shape index (κ2) is 7.16. The number of nitrogens with one attached hydrogen (secondary N) is 1. The molecule has 0 spiro atoms. The van der Waals surface area contributed by atoms with E-state index in [4.69, 9.17) is 10.00 Å². The number of benzene rings is 1. The molecule has 0 radical (unpaired) electrons. The first-order chi connectivity index (χ1) is 9.04. The van der Waals surface area contributed by atoms with E-state index in [2.05, 4.69) is 37.4 Å². The molecule has 3 heteroatoms. The van der Waals surface area contributed by atoms with Gasteiger partial charge in [-0.3, -0.25) is 0 Å². The number of hydrogen-bond acceptors (Lipinski definition) is 3. The number of ether oxygens (including phenoxy) is 1. The van der Waals surface area contributed by atoms with Crippen LogP contribution in [0.4, 0.5) is 0 Å². The van der Waals surface area contributed by atoms with E-state index < -0.39 is 5.54 Å². The predicted molar refractivity (Wildman–Crippen MR) is 78.3 cm³/mol. The molecule has 104 valence electrons. The first-order valence-electron chi connectivity index (χ1n) is 6.87. The van der Waals surface area contributed by atoms with Crippen LogP contribution in [0.2, 0.25) is 0 Å². The summed E-state index contributed by atoms with van der Waals surface area (Å²) >= 11 is 0. The lowest BCUT2D eigenvalue weighted by Crippen LogP contribution is -2.39. The van der Waals surface area contributed by atoms with Gasteiger partial charge in [0.25, 0.3) is 0 Å². The summed E-state index contributed by atoms with van der Waals surface area (Å²) in [7, 11) is 1.80. The molecular weight excluding hydrogens is 236 g/mol. The Morgan fingerprint density at radius 2 is 2.00 bits per heavy atom. The van der Waals surface area contributed by atoms with Crippen LogP contribution in [-0.2, 0) is 0 Å². The van der Waals surface area contributed by atoms with Crippen molar-refractivity contribution in [1.82, 2.24) is 5.32 Å². The molecule has 0 aliphatic rings. The average Bonchev–Trinajstić information content (AvgIpc) is 2.47. The van der Waals surface area contributed by atoms with E-state index in [9.17, 15) is 0 Å². The maximum Gasteiger partial charge on any atom is 0.119 e. The van der Waals surface area contributed by atoms with Gasteiger partial charge in [0, 0.05) is 6.42 Å². The molecule has 0 amide bonds. The summed E-state index contributed by atoms with van der Waals surface area (Å²) in [5.74, 6) is 1.45. The smallest absolute Gasteiger partial charge is 0.119 e. The monoisotopic (exact) mass is 260 g/mol. The summed E-state index contributed by atoms with van der Waals surface area (Å²) in [5, 5.41) is 12.0. The topological polar surface area (TPSA) is 45.0 Å². The van der Waals surface area contributed by atoms with Gasteiger partial charge in [-0.05, 0) is 44.0 Å². The number of nitrogens with zero attached hydrogens (tertiary/aromatic N) is 1. The molecule has 1 rings (SSSR count). The molecule has 3 nitrogen and oxygen atoms in total. The number of hydrogen-bond donors (Lipinski definition) is 1. The Labute approximate surface area is 116 Å². The minimum absolute atomic E-state index is 0.517. The second-order valence-electron chi connectivity index (χ2n) is 5.17. The van der Waals surface area contributed by atoms with E-state index >= 15 is 0 Å². The van der Waals surface area contributed by atoms with Gasteiger partial charge in [-0.2, -0.15) is 5.26 Å². The van der Waals surface area contributed by atoms with Crippen molar-refractivity contribution in [1.29, 1.82) is 5.26 Å². The number of rotatable bonds is 7. The van der Waals surface area contributed by atoms with Crippen LogP contribution in [0.3, 0.4) is 0 Å². The Bertz CT molecular complexity index is 421. The zero-order chi connectivity index (χ0) is 14.3. The van der Waals surface area contributed by atoms with Crippen LogP contribution in [0.5, 0.6) is 5.75 Å². The van der Waals surface area contributed by atoms with Crippen molar-refractivity contribution < 1.29 is 4.74 Å². The van der Waals surface area contributed by atoms with E-state index in [1.807, 2.05) is 19.1 Å². The largest absolute Gasteiger partial charge is 0.493 e. The fraction of sp³-hybridized carbons (Fsp3) is 0.562. The highest BCUT2D eigenvalue weighted by atomic mass is 16.5. The lowest BCUT2D eigenvalue weighted by atomic mass is 9.99. The maximum atomic E-state index is 9.04. The summed E-state index contributed by atoms with van der Waals surface area (Å²) in [6.07, 6.45) is 1.80. The van der Waals surface area contributed by atoms with Crippen LogP contribution in [0.15, 0.2) is 24.3 Å². The Hall–Kier alpha value is -1.53. The SMILES string of the molecule is CCC(C)c1ccc(OCCC(C)(C#N)NC)cc1. The molecule has 0 aliphatic carbocycles. The van der Waals surface area contributed by atoms with Crippen molar-refractivity contribution in [2.45, 2.75) is 45.1 Å². The summed E-state index contributed by atoms with van der Waals surface area (Å²) in [4.78, 5) is 0. The maximum absolute atomic E-state index is 9.04. The highest BCUT2D eigenvalue weighted by Crippen LogP contribution is 2.21. The first kappa shape index (κ1) is 15.5. The van der Waals surface area contributed by atoms with Gasteiger partial charge in [0.15, 0.2) is 0 Å². The molecule has 0 aliphatic heterocycles. The molecule has 0 saturated heterocycles. The van der Waals surface area contributed by atoms with Crippen molar-refractivity contribution in [3.8, 4) is 11.8 Å². The fourth-order valence-electron chi connectivity index (χ4n) is 1.74. The molecule has 0 saturated carbocycles. The van der Waals surface area contributed by atoms with E-state index in [1.165, 1.54) is 5.56 Å². The van der Waals surface area contributed by atoms with Crippen molar-refractivity contribution in [2.75, 3.05) is 13.7 Å². The van der Waals surface area contributed by atoms with Gasteiger partial charge in [-0.1, -0.05) is 26.0 Å². The molecule has 0 bridgehead atoms. The van der Waals surface area contributed by atoms with Crippen molar-refractivity contribution in [3.05, 3.63) is 29.8 Å². The van der Waals surface area contributed by atoms with Crippen LogP contribution in [0.1, 0.15) is 45.1 Å². The van der Waals surface area contributed by atoms with Crippen molar-refractivity contribution in [2.24, 2.45) is 0 Å². The molecule has 1 aromatic rings. The number of nitriles is 1. The zero-order valence-corrected chi connectivity index (χ0v) is 12.4. The average molecular weight is 260 g/mol. The third kappa shape index (κ3) is 4.57. The molecule has 0 fully saturated rings. The standard InChI is InChI=1S/C16H24N2O/c1-5-13(2)14-6-8-15(9-7-14)19-11-10-16(3,12-17)18-4/h6-9,13,18H,5,10-11H2,1-4H3. The molecule has 1 N–H and O–H groups in total. The molecular formula is C16H24N2O. The lowest BCUT2D eigenvalue weighted by Gasteiger charge is -2.20. The van der Waals surface area contributed by atoms with Crippen molar-refractivity contribution in [3.63, 3.8) is 0 Å². The first-order valence-corrected chi connectivity index (χ1v) is 6.87. The molecule has 0 heterocycles. The van der Waals surface area contributed by atoms with Crippen LogP contribution in [0, 0.1) is 11.3 Å². The van der Waals surface area contributed by atoms with E-state index in [0.29, 0.717) is 18.9 Å². The molecule has 1 aromatic carbocycles. The fourth-order valence-corrected chi connectivity index (χ4v) is 1.74. The summed E-state index contributed by atoms with van der Waals surface area (Å²) in [5.41, 5.74) is 0.823. The van der Waals surface area contributed by atoms with Crippen LogP contribution in [-0.4, -0.2) is 19.2 Å². The third-order valence-corrected chi connectivity index (χ3v) is 3.73. The van der Waals surface area contributed by atoms with E-state index in [1.54, 1.807) is 7.05 Å². The minimum Gasteiger partial charge on any atom is -0.493 e. The molecule has 0 aromatic heterocycles. The van der Waals surface area contributed by atoms with Gasteiger partial charge >= 0.3 is 0 Å². The normalized spacial score (nSPS) is 15.3. The van der Waals surface area contributed by atoms with Gasteiger partial charge in [-0.25, -0.2) is 0 Å². The summed E-state index contributed by atoms with van der Waals surface area (Å²) in [6.45, 7) is 6.83. The van der Waals surface area contributed by atoms with E-state index in [0.717, 1.165) is 12.2 Å². The van der Waals surface area contributed by atoms with E-state index in [-0.39, 0.29) is 0 Å². The van der Waals surface area contributed by atoms with Crippen molar-refractivity contribution >= 4 is 0 Å². The minimum atomic E-state index is -0.517. The summed E-state index contributed by atoms with van der Waals surface area (Å²) < 4.78 is 5.68. The lowest BCUT2D eigenvalue weighted by molar-refractivity contribution is 0.273. The quantitative estimate of drug-likeness (QED) is 0.816. The molecule has 2 atom stereocenters. The Balaban J connectivity index is 2.49. The van der Waals surface area contributed by atoms with Gasteiger partial charge in [0.05, 0.1) is 12.7 Å². The molecule has 2 unspecified atom stereocenters. The highest BCUT2D eigenvalue weighted by Gasteiger charge is 2.20. The van der Waals surface area contributed by atoms with Crippen LogP contribution >= 0.6 is 0 Å².